The molecule has 1 N–H and O–H groups in total. The van der Waals surface area contributed by atoms with Crippen LogP contribution in [0.5, 0.6) is 5.75 Å². The standard InChI is InChI=1S/C16H16ClNO6/c1-22-6-2-5-18-15(20)12-7-10-3-4-11(23-14(19)9-17)8-13(10)24-16(12)21/h3-4,7-8H,2,5-6,9H2,1H3,(H,18,20). The molecule has 0 fully saturated rings. The number of fused-ring (bicyclic) bond motifs is 1. The number of methoxy groups -OCH3 is 1. The molecule has 24 heavy (non-hydrogen) atoms. The van der Waals surface area contributed by atoms with Gasteiger partial charge in [0.25, 0.3) is 5.91 Å². The highest BCUT2D eigenvalue weighted by Gasteiger charge is 2.14. The van der Waals surface area contributed by atoms with E-state index in [0.29, 0.717) is 25.0 Å². The zero-order chi connectivity index (χ0) is 17.5. The third-order valence-electron chi connectivity index (χ3n) is 3.10. The maximum Gasteiger partial charge on any atom is 0.349 e. The van der Waals surface area contributed by atoms with Crippen LogP contribution in [0.25, 0.3) is 11.0 Å². The highest BCUT2D eigenvalue weighted by molar-refractivity contribution is 6.26. The fraction of sp³-hybridized carbons (Fsp3) is 0.312. The Bertz CT molecular complexity index is 801. The lowest BCUT2D eigenvalue weighted by atomic mass is 10.1. The highest BCUT2D eigenvalue weighted by Crippen LogP contribution is 2.20. The van der Waals surface area contributed by atoms with E-state index in [-0.39, 0.29) is 22.8 Å². The molecular formula is C16H16ClNO6. The van der Waals surface area contributed by atoms with E-state index in [4.69, 9.17) is 25.5 Å². The molecule has 0 radical (unpaired) electrons. The minimum absolute atomic E-state index is 0.0922. The lowest BCUT2D eigenvalue weighted by Crippen LogP contribution is -2.29. The Hall–Kier alpha value is -2.38. The van der Waals surface area contributed by atoms with Crippen molar-refractivity contribution in [2.24, 2.45) is 0 Å². The molecule has 128 valence electrons. The Kier molecular flexibility index (Phi) is 6.34. The number of esters is 1. The van der Waals surface area contributed by atoms with Gasteiger partial charge in [-0.05, 0) is 24.6 Å². The molecule has 0 aliphatic carbocycles. The molecule has 0 saturated carbocycles. The first-order valence-electron chi connectivity index (χ1n) is 7.17. The second-order valence-corrected chi connectivity index (χ2v) is 5.12. The van der Waals surface area contributed by atoms with E-state index in [2.05, 4.69) is 5.32 Å². The lowest BCUT2D eigenvalue weighted by molar-refractivity contribution is -0.131. The van der Waals surface area contributed by atoms with Crippen LogP contribution in [0.1, 0.15) is 16.8 Å². The van der Waals surface area contributed by atoms with Crippen LogP contribution in [0.2, 0.25) is 0 Å². The first-order chi connectivity index (χ1) is 11.5. The van der Waals surface area contributed by atoms with Crippen molar-refractivity contribution in [3.63, 3.8) is 0 Å². The van der Waals surface area contributed by atoms with Crippen molar-refractivity contribution in [1.82, 2.24) is 5.32 Å². The van der Waals surface area contributed by atoms with Crippen LogP contribution in [-0.4, -0.2) is 38.0 Å². The van der Waals surface area contributed by atoms with Gasteiger partial charge in [0.15, 0.2) is 0 Å². The predicted octanol–water partition coefficient (Wildman–Crippen LogP) is 1.70. The number of alkyl halides is 1. The maximum atomic E-state index is 12.0. The molecule has 0 aliphatic heterocycles. The van der Waals surface area contributed by atoms with Crippen molar-refractivity contribution in [3.05, 3.63) is 40.2 Å². The number of nitrogens with one attached hydrogen (secondary N) is 1. The third kappa shape index (κ3) is 4.56. The minimum Gasteiger partial charge on any atom is -0.426 e. The van der Waals surface area contributed by atoms with Crippen LogP contribution >= 0.6 is 11.6 Å². The number of carbonyl (C=O) groups excluding carboxylic acids is 2. The van der Waals surface area contributed by atoms with Crippen molar-refractivity contribution in [2.45, 2.75) is 6.42 Å². The van der Waals surface area contributed by atoms with Gasteiger partial charge in [0, 0.05) is 31.7 Å². The Balaban J connectivity index is 2.20. The molecule has 1 aromatic heterocycles. The molecule has 2 aromatic rings. The molecule has 1 amide bonds. The van der Waals surface area contributed by atoms with Crippen molar-refractivity contribution in [2.75, 3.05) is 26.1 Å². The van der Waals surface area contributed by atoms with Crippen LogP contribution in [0.4, 0.5) is 0 Å². The molecular weight excluding hydrogens is 338 g/mol. The summed E-state index contributed by atoms with van der Waals surface area (Å²) < 4.78 is 15.0. The number of benzene rings is 1. The molecule has 8 heteroatoms. The zero-order valence-electron chi connectivity index (χ0n) is 13.0. The summed E-state index contributed by atoms with van der Waals surface area (Å²) in [5.74, 6) is -1.22. The van der Waals surface area contributed by atoms with Crippen molar-refractivity contribution in [3.8, 4) is 5.75 Å². The first-order valence-corrected chi connectivity index (χ1v) is 7.70. The second-order valence-electron chi connectivity index (χ2n) is 4.86. The Morgan fingerprint density at radius 2 is 2.08 bits per heavy atom. The summed E-state index contributed by atoms with van der Waals surface area (Å²) in [4.78, 5) is 35.2. The number of rotatable bonds is 7. The summed E-state index contributed by atoms with van der Waals surface area (Å²) in [6.45, 7) is 0.897. The third-order valence-corrected chi connectivity index (χ3v) is 3.32. The molecule has 0 aliphatic rings. The predicted molar refractivity (Wildman–Crippen MR) is 87.7 cm³/mol. The van der Waals surface area contributed by atoms with E-state index in [1.54, 1.807) is 13.2 Å². The Labute approximate surface area is 142 Å². The number of hydrogen-bond acceptors (Lipinski definition) is 6. The second kappa shape index (κ2) is 8.47. The van der Waals surface area contributed by atoms with E-state index in [1.165, 1.54) is 18.2 Å². The number of halogens is 1. The molecule has 0 bridgehead atoms. The molecule has 2 rings (SSSR count). The number of amides is 1. The van der Waals surface area contributed by atoms with E-state index < -0.39 is 17.5 Å². The summed E-state index contributed by atoms with van der Waals surface area (Å²) in [6.07, 6.45) is 0.635. The van der Waals surface area contributed by atoms with Crippen LogP contribution in [0.15, 0.2) is 33.5 Å². The fourth-order valence-corrected chi connectivity index (χ4v) is 2.04. The zero-order valence-corrected chi connectivity index (χ0v) is 13.7. The lowest BCUT2D eigenvalue weighted by Gasteiger charge is -2.06. The summed E-state index contributed by atoms with van der Waals surface area (Å²) in [5, 5.41) is 3.15. The topological polar surface area (TPSA) is 94.8 Å². The van der Waals surface area contributed by atoms with E-state index in [1.807, 2.05) is 0 Å². The summed E-state index contributed by atoms with van der Waals surface area (Å²) in [6, 6.07) is 5.92. The average Bonchev–Trinajstić information content (AvgIpc) is 2.57. The highest BCUT2D eigenvalue weighted by atomic mass is 35.5. The van der Waals surface area contributed by atoms with E-state index in [9.17, 15) is 14.4 Å². The number of carbonyl (C=O) groups is 2. The van der Waals surface area contributed by atoms with Crippen LogP contribution in [0, 0.1) is 0 Å². The largest absolute Gasteiger partial charge is 0.426 e. The normalized spacial score (nSPS) is 10.6. The van der Waals surface area contributed by atoms with Gasteiger partial charge in [-0.3, -0.25) is 9.59 Å². The molecule has 0 spiro atoms. The Morgan fingerprint density at radius 3 is 2.79 bits per heavy atom. The van der Waals surface area contributed by atoms with Gasteiger partial charge in [0.05, 0.1) is 0 Å². The van der Waals surface area contributed by atoms with Gasteiger partial charge < -0.3 is 19.2 Å². The van der Waals surface area contributed by atoms with Gasteiger partial charge >= 0.3 is 11.6 Å². The Morgan fingerprint density at radius 1 is 1.29 bits per heavy atom. The fourth-order valence-electron chi connectivity index (χ4n) is 1.99. The van der Waals surface area contributed by atoms with Gasteiger partial charge in [-0.15, -0.1) is 11.6 Å². The van der Waals surface area contributed by atoms with Crippen LogP contribution in [-0.2, 0) is 9.53 Å². The SMILES string of the molecule is COCCCNC(=O)c1cc2ccc(OC(=O)CCl)cc2oc1=O. The molecule has 0 atom stereocenters. The van der Waals surface area contributed by atoms with Crippen molar-refractivity contribution >= 4 is 34.4 Å². The van der Waals surface area contributed by atoms with E-state index in [0.717, 1.165) is 0 Å². The summed E-state index contributed by atoms with van der Waals surface area (Å²) >= 11 is 5.36. The van der Waals surface area contributed by atoms with Crippen molar-refractivity contribution < 1.29 is 23.5 Å². The van der Waals surface area contributed by atoms with Gasteiger partial charge in [-0.1, -0.05) is 0 Å². The number of hydrogen-bond donors (Lipinski definition) is 1. The first kappa shape index (κ1) is 18.0. The van der Waals surface area contributed by atoms with Crippen LogP contribution in [0.3, 0.4) is 0 Å². The van der Waals surface area contributed by atoms with Gasteiger partial charge in [0.2, 0.25) is 0 Å². The molecule has 1 heterocycles. The van der Waals surface area contributed by atoms with Crippen LogP contribution < -0.4 is 15.7 Å². The number of ether oxygens (including phenoxy) is 2. The van der Waals surface area contributed by atoms with Gasteiger partial charge in [-0.25, -0.2) is 4.79 Å². The molecule has 1 aromatic carbocycles. The smallest absolute Gasteiger partial charge is 0.349 e. The molecule has 0 saturated heterocycles. The van der Waals surface area contributed by atoms with Gasteiger partial charge in [-0.2, -0.15) is 0 Å². The van der Waals surface area contributed by atoms with Gasteiger partial charge in [0.1, 0.15) is 22.8 Å². The minimum atomic E-state index is -0.771. The average molecular weight is 354 g/mol. The maximum absolute atomic E-state index is 12.0. The molecule has 7 nitrogen and oxygen atoms in total. The summed E-state index contributed by atoms with van der Waals surface area (Å²) in [5.41, 5.74) is -0.659. The summed E-state index contributed by atoms with van der Waals surface area (Å²) in [7, 11) is 1.57. The van der Waals surface area contributed by atoms with E-state index >= 15 is 0 Å². The quantitative estimate of drug-likeness (QED) is 0.268. The molecule has 0 unspecified atom stereocenters. The van der Waals surface area contributed by atoms with Crippen molar-refractivity contribution in [1.29, 1.82) is 0 Å². The monoisotopic (exact) mass is 353 g/mol.